The number of aliphatic hydroxyl groups excluding tert-OH is 1. The van der Waals surface area contributed by atoms with Crippen molar-refractivity contribution in [1.29, 1.82) is 0 Å². The van der Waals surface area contributed by atoms with Crippen molar-refractivity contribution in [3.05, 3.63) is 41.4 Å². The van der Waals surface area contributed by atoms with Gasteiger partial charge >= 0.3 is 0 Å². The van der Waals surface area contributed by atoms with E-state index in [0.29, 0.717) is 24.0 Å². The molecule has 0 bridgehead atoms. The van der Waals surface area contributed by atoms with Gasteiger partial charge in [0.15, 0.2) is 5.76 Å². The van der Waals surface area contributed by atoms with Crippen molar-refractivity contribution in [2.75, 3.05) is 13.1 Å². The topological polar surface area (TPSA) is 49.5 Å². The summed E-state index contributed by atoms with van der Waals surface area (Å²) in [4.78, 5) is 6.41. The average Bonchev–Trinajstić information content (AvgIpc) is 2.99. The van der Waals surface area contributed by atoms with Crippen molar-refractivity contribution in [3.8, 4) is 11.3 Å². The van der Waals surface area contributed by atoms with Gasteiger partial charge in [0.05, 0.1) is 18.8 Å². The number of rotatable bonds is 3. The number of aromatic nitrogens is 1. The van der Waals surface area contributed by atoms with Crippen LogP contribution in [0.3, 0.4) is 0 Å². The molecule has 1 fully saturated rings. The van der Waals surface area contributed by atoms with Crippen molar-refractivity contribution < 1.29 is 9.52 Å². The lowest BCUT2D eigenvalue weighted by molar-refractivity contribution is 0.171. The van der Waals surface area contributed by atoms with Crippen LogP contribution < -0.4 is 0 Å². The number of aliphatic hydroxyl groups is 1. The molecule has 0 aliphatic carbocycles. The van der Waals surface area contributed by atoms with E-state index in [9.17, 15) is 5.11 Å². The van der Waals surface area contributed by atoms with Gasteiger partial charge in [-0.05, 0) is 18.6 Å². The lowest BCUT2D eigenvalue weighted by Crippen LogP contribution is -2.21. The number of oxazole rings is 1. The third-order valence-electron chi connectivity index (χ3n) is 3.27. The van der Waals surface area contributed by atoms with Crippen LogP contribution in [0.5, 0.6) is 0 Å². The first-order chi connectivity index (χ1) is 9.20. The highest BCUT2D eigenvalue weighted by Gasteiger charge is 2.21. The number of β-amino-alcohol motifs (C(OH)–C–C–N with tert-alkyl or cyclic N) is 1. The van der Waals surface area contributed by atoms with Crippen LogP contribution in [-0.4, -0.2) is 34.2 Å². The molecule has 1 atom stereocenters. The number of hydrogen-bond acceptors (Lipinski definition) is 4. The van der Waals surface area contributed by atoms with Crippen molar-refractivity contribution in [2.45, 2.75) is 19.1 Å². The molecule has 0 spiro atoms. The van der Waals surface area contributed by atoms with Crippen molar-refractivity contribution in [2.24, 2.45) is 0 Å². The molecular weight excluding hydrogens is 264 g/mol. The van der Waals surface area contributed by atoms with Gasteiger partial charge in [0.2, 0.25) is 5.89 Å². The summed E-state index contributed by atoms with van der Waals surface area (Å²) in [7, 11) is 0. The molecule has 0 unspecified atom stereocenters. The van der Waals surface area contributed by atoms with E-state index in [1.807, 2.05) is 24.3 Å². The van der Waals surface area contributed by atoms with Crippen LogP contribution in [0.15, 0.2) is 34.9 Å². The SMILES string of the molecule is O[C@@H]1CCN(Cc2ncc(-c3cccc(Cl)c3)o2)C1. The molecule has 2 heterocycles. The van der Waals surface area contributed by atoms with E-state index in [-0.39, 0.29) is 6.10 Å². The van der Waals surface area contributed by atoms with Crippen molar-refractivity contribution in [3.63, 3.8) is 0 Å². The lowest BCUT2D eigenvalue weighted by Gasteiger charge is -2.11. The van der Waals surface area contributed by atoms with Crippen LogP contribution in [0.4, 0.5) is 0 Å². The molecule has 100 valence electrons. The van der Waals surface area contributed by atoms with E-state index >= 15 is 0 Å². The Morgan fingerprint density at radius 2 is 2.37 bits per heavy atom. The normalized spacial score (nSPS) is 20.0. The minimum absolute atomic E-state index is 0.220. The maximum absolute atomic E-state index is 9.48. The smallest absolute Gasteiger partial charge is 0.209 e. The van der Waals surface area contributed by atoms with Crippen LogP contribution in [0, 0.1) is 0 Å². The monoisotopic (exact) mass is 278 g/mol. The molecule has 1 aliphatic heterocycles. The summed E-state index contributed by atoms with van der Waals surface area (Å²) in [5.41, 5.74) is 0.924. The highest BCUT2D eigenvalue weighted by atomic mass is 35.5. The maximum Gasteiger partial charge on any atom is 0.209 e. The first kappa shape index (κ1) is 12.7. The Bertz CT molecular complexity index is 570. The van der Waals surface area contributed by atoms with Crippen molar-refractivity contribution >= 4 is 11.6 Å². The summed E-state index contributed by atoms with van der Waals surface area (Å²) in [5, 5.41) is 10.2. The highest BCUT2D eigenvalue weighted by molar-refractivity contribution is 6.30. The molecule has 0 radical (unpaired) electrons. The van der Waals surface area contributed by atoms with E-state index < -0.39 is 0 Å². The van der Waals surface area contributed by atoms with E-state index in [1.165, 1.54) is 0 Å². The van der Waals surface area contributed by atoms with E-state index in [1.54, 1.807) is 6.20 Å². The second kappa shape index (κ2) is 5.33. The number of likely N-dealkylation sites (tertiary alicyclic amines) is 1. The zero-order valence-corrected chi connectivity index (χ0v) is 11.2. The van der Waals surface area contributed by atoms with E-state index in [0.717, 1.165) is 24.3 Å². The fourth-order valence-electron chi connectivity index (χ4n) is 2.31. The third kappa shape index (κ3) is 2.97. The number of halogens is 1. The summed E-state index contributed by atoms with van der Waals surface area (Å²) in [6, 6.07) is 7.51. The number of hydrogen-bond donors (Lipinski definition) is 1. The molecule has 0 saturated carbocycles. The Labute approximate surface area is 116 Å². The fraction of sp³-hybridized carbons (Fsp3) is 0.357. The summed E-state index contributed by atoms with van der Waals surface area (Å²) < 4.78 is 5.73. The lowest BCUT2D eigenvalue weighted by atomic mass is 10.2. The van der Waals surface area contributed by atoms with Crippen LogP contribution in [0.1, 0.15) is 12.3 Å². The third-order valence-corrected chi connectivity index (χ3v) is 3.50. The first-order valence-electron chi connectivity index (χ1n) is 6.32. The Kier molecular flexibility index (Phi) is 3.55. The van der Waals surface area contributed by atoms with E-state index in [4.69, 9.17) is 16.0 Å². The Morgan fingerprint density at radius 1 is 1.47 bits per heavy atom. The Hall–Kier alpha value is -1.36. The molecular formula is C14H15ClN2O2. The van der Waals surface area contributed by atoms with Gasteiger partial charge in [0.1, 0.15) is 0 Å². The molecule has 1 N–H and O–H groups in total. The molecule has 1 aromatic heterocycles. The maximum atomic E-state index is 9.48. The Morgan fingerprint density at radius 3 is 3.11 bits per heavy atom. The van der Waals surface area contributed by atoms with Crippen LogP contribution >= 0.6 is 11.6 Å². The predicted octanol–water partition coefficient (Wildman–Crippen LogP) is 2.56. The zero-order chi connectivity index (χ0) is 13.2. The van der Waals surface area contributed by atoms with Gasteiger partial charge in [-0.3, -0.25) is 4.90 Å². The summed E-state index contributed by atoms with van der Waals surface area (Å²) in [6.07, 6.45) is 2.32. The van der Waals surface area contributed by atoms with Crippen molar-refractivity contribution in [1.82, 2.24) is 9.88 Å². The molecule has 3 rings (SSSR count). The molecule has 4 nitrogen and oxygen atoms in total. The summed E-state index contributed by atoms with van der Waals surface area (Å²) in [6.45, 7) is 2.21. The molecule has 1 saturated heterocycles. The van der Waals surface area contributed by atoms with Gasteiger partial charge in [-0.15, -0.1) is 0 Å². The van der Waals surface area contributed by atoms with E-state index in [2.05, 4.69) is 9.88 Å². The second-order valence-electron chi connectivity index (χ2n) is 4.81. The summed E-state index contributed by atoms with van der Waals surface area (Å²) in [5.74, 6) is 1.39. The average molecular weight is 279 g/mol. The van der Waals surface area contributed by atoms with Crippen LogP contribution in [0.25, 0.3) is 11.3 Å². The molecule has 5 heteroatoms. The standard InChI is InChI=1S/C14H15ClN2O2/c15-11-3-1-2-10(6-11)13-7-16-14(19-13)9-17-5-4-12(18)8-17/h1-3,6-7,12,18H,4-5,8-9H2/t12-/m1/s1. The second-order valence-corrected chi connectivity index (χ2v) is 5.24. The molecule has 1 aliphatic rings. The molecule has 0 amide bonds. The first-order valence-corrected chi connectivity index (χ1v) is 6.69. The van der Waals surface area contributed by atoms with Crippen LogP contribution in [0.2, 0.25) is 5.02 Å². The fourth-order valence-corrected chi connectivity index (χ4v) is 2.50. The van der Waals surface area contributed by atoms with Gasteiger partial charge in [0.25, 0.3) is 0 Å². The largest absolute Gasteiger partial charge is 0.439 e. The van der Waals surface area contributed by atoms with Crippen LogP contribution in [-0.2, 0) is 6.54 Å². The minimum Gasteiger partial charge on any atom is -0.439 e. The minimum atomic E-state index is -0.220. The predicted molar refractivity (Wildman–Crippen MR) is 72.8 cm³/mol. The number of nitrogens with zero attached hydrogens (tertiary/aromatic N) is 2. The van der Waals surface area contributed by atoms with Gasteiger partial charge in [-0.2, -0.15) is 0 Å². The Balaban J connectivity index is 1.73. The summed E-state index contributed by atoms with van der Waals surface area (Å²) >= 11 is 5.96. The van der Waals surface area contributed by atoms with Gasteiger partial charge in [-0.25, -0.2) is 4.98 Å². The zero-order valence-electron chi connectivity index (χ0n) is 10.4. The quantitative estimate of drug-likeness (QED) is 0.937. The highest BCUT2D eigenvalue weighted by Crippen LogP contribution is 2.24. The molecule has 1 aromatic carbocycles. The molecule has 2 aromatic rings. The van der Waals surface area contributed by atoms with Gasteiger partial charge in [0, 0.05) is 23.7 Å². The molecule has 19 heavy (non-hydrogen) atoms. The van der Waals surface area contributed by atoms with Gasteiger partial charge in [-0.1, -0.05) is 23.7 Å². The number of benzene rings is 1. The van der Waals surface area contributed by atoms with Gasteiger partial charge < -0.3 is 9.52 Å².